The second kappa shape index (κ2) is 7.17. The topological polar surface area (TPSA) is 75.5 Å². The molecule has 0 unspecified atom stereocenters. The third-order valence-corrected chi connectivity index (χ3v) is 3.84. The van der Waals surface area contributed by atoms with E-state index in [1.54, 1.807) is 18.2 Å². The molecule has 0 spiro atoms. The van der Waals surface area contributed by atoms with E-state index in [1.807, 2.05) is 0 Å². The molecular weight excluding hydrogens is 282 g/mol. The lowest BCUT2D eigenvalue weighted by Gasteiger charge is -2.20. The first kappa shape index (κ1) is 16.2. The molecule has 22 heavy (non-hydrogen) atoms. The van der Waals surface area contributed by atoms with Gasteiger partial charge < -0.3 is 5.32 Å². The van der Waals surface area contributed by atoms with Crippen LogP contribution in [0, 0.1) is 10.1 Å². The molecule has 0 saturated carbocycles. The minimum atomic E-state index is -0.449. The number of likely N-dealkylation sites (tertiary alicyclic amines) is 1. The highest BCUT2D eigenvalue weighted by atomic mass is 16.6. The van der Waals surface area contributed by atoms with Crippen molar-refractivity contribution < 1.29 is 9.72 Å². The molecule has 0 aromatic heterocycles. The van der Waals surface area contributed by atoms with Gasteiger partial charge in [-0.1, -0.05) is 12.1 Å². The Morgan fingerprint density at radius 2 is 2.18 bits per heavy atom. The Morgan fingerprint density at radius 1 is 1.45 bits per heavy atom. The van der Waals surface area contributed by atoms with Crippen molar-refractivity contribution in [2.45, 2.75) is 32.4 Å². The van der Waals surface area contributed by atoms with Crippen molar-refractivity contribution in [3.05, 3.63) is 46.0 Å². The predicted molar refractivity (Wildman–Crippen MR) is 85.4 cm³/mol. The molecule has 1 aromatic carbocycles. The van der Waals surface area contributed by atoms with Gasteiger partial charge in [0.2, 0.25) is 5.91 Å². The van der Waals surface area contributed by atoms with E-state index in [0.717, 1.165) is 19.5 Å². The Bertz CT molecular complexity index is 584. The summed E-state index contributed by atoms with van der Waals surface area (Å²) in [5.74, 6) is -0.214. The normalized spacial score (nSPS) is 19.0. The number of amides is 1. The lowest BCUT2D eigenvalue weighted by Crippen LogP contribution is -2.37. The van der Waals surface area contributed by atoms with Crippen molar-refractivity contribution in [3.63, 3.8) is 0 Å². The number of nitrogens with zero attached hydrogens (tertiary/aromatic N) is 2. The van der Waals surface area contributed by atoms with Crippen LogP contribution in [0.1, 0.15) is 25.8 Å². The average Bonchev–Trinajstić information content (AvgIpc) is 2.94. The number of rotatable bonds is 5. The van der Waals surface area contributed by atoms with E-state index in [0.29, 0.717) is 11.6 Å². The Labute approximate surface area is 130 Å². The number of nitro groups is 1. The fourth-order valence-corrected chi connectivity index (χ4v) is 2.58. The van der Waals surface area contributed by atoms with E-state index < -0.39 is 4.92 Å². The van der Waals surface area contributed by atoms with E-state index in [2.05, 4.69) is 24.1 Å². The Balaban J connectivity index is 1.94. The van der Waals surface area contributed by atoms with Gasteiger partial charge in [0.25, 0.3) is 5.69 Å². The number of carbonyl (C=O) groups excluding carboxylic acids is 1. The van der Waals surface area contributed by atoms with Crippen LogP contribution in [0.15, 0.2) is 30.3 Å². The molecule has 0 bridgehead atoms. The summed E-state index contributed by atoms with van der Waals surface area (Å²) in [4.78, 5) is 24.7. The van der Waals surface area contributed by atoms with Gasteiger partial charge in [-0.25, -0.2) is 0 Å². The maximum atomic E-state index is 11.9. The number of carbonyl (C=O) groups is 1. The molecule has 1 aliphatic rings. The highest BCUT2D eigenvalue weighted by molar-refractivity contribution is 5.92. The second-order valence-corrected chi connectivity index (χ2v) is 5.73. The molecule has 0 radical (unpaired) electrons. The Kier molecular flexibility index (Phi) is 5.27. The van der Waals surface area contributed by atoms with E-state index in [4.69, 9.17) is 0 Å². The van der Waals surface area contributed by atoms with Crippen molar-refractivity contribution in [2.24, 2.45) is 0 Å². The number of hydrogen-bond acceptors (Lipinski definition) is 4. The lowest BCUT2D eigenvalue weighted by molar-refractivity contribution is -0.385. The number of benzene rings is 1. The van der Waals surface area contributed by atoms with E-state index in [1.165, 1.54) is 18.2 Å². The van der Waals surface area contributed by atoms with Crippen LogP contribution in [0.25, 0.3) is 6.08 Å². The van der Waals surface area contributed by atoms with Gasteiger partial charge in [-0.3, -0.25) is 19.8 Å². The molecular formula is C16H21N3O3. The molecule has 6 heteroatoms. The fourth-order valence-electron chi connectivity index (χ4n) is 2.58. The van der Waals surface area contributed by atoms with Crippen LogP contribution >= 0.6 is 0 Å². The number of para-hydroxylation sites is 1. The highest BCUT2D eigenvalue weighted by Gasteiger charge is 2.24. The molecule has 1 aliphatic heterocycles. The summed E-state index contributed by atoms with van der Waals surface area (Å²) >= 11 is 0. The molecule has 1 amide bonds. The van der Waals surface area contributed by atoms with Gasteiger partial charge >= 0.3 is 0 Å². The zero-order chi connectivity index (χ0) is 16.1. The van der Waals surface area contributed by atoms with Crippen LogP contribution in [-0.2, 0) is 4.79 Å². The molecule has 1 aromatic rings. The van der Waals surface area contributed by atoms with Gasteiger partial charge in [0.1, 0.15) is 0 Å². The highest BCUT2D eigenvalue weighted by Crippen LogP contribution is 2.19. The van der Waals surface area contributed by atoms with E-state index in [-0.39, 0.29) is 17.6 Å². The number of nitrogens with one attached hydrogen (secondary N) is 1. The monoisotopic (exact) mass is 303 g/mol. The van der Waals surface area contributed by atoms with Gasteiger partial charge in [0.15, 0.2) is 0 Å². The molecule has 1 heterocycles. The molecule has 1 saturated heterocycles. The largest absolute Gasteiger partial charge is 0.348 e. The molecule has 1 fully saturated rings. The Hall–Kier alpha value is -2.21. The molecule has 1 atom stereocenters. The van der Waals surface area contributed by atoms with Crippen LogP contribution in [0.4, 0.5) is 5.69 Å². The predicted octanol–water partition coefficient (Wildman–Crippen LogP) is 2.21. The zero-order valence-corrected chi connectivity index (χ0v) is 12.9. The maximum absolute atomic E-state index is 11.9. The SMILES string of the molecule is CC(C)N1CC[C@H](NC(=O)/C=C\c2ccccc2[N+](=O)[O-])C1. The van der Waals surface area contributed by atoms with E-state index in [9.17, 15) is 14.9 Å². The van der Waals surface area contributed by atoms with Gasteiger partial charge in [0.05, 0.1) is 10.5 Å². The van der Waals surface area contributed by atoms with Gasteiger partial charge in [-0.2, -0.15) is 0 Å². The van der Waals surface area contributed by atoms with Crippen molar-refractivity contribution in [1.82, 2.24) is 10.2 Å². The molecule has 1 N–H and O–H groups in total. The van der Waals surface area contributed by atoms with Crippen molar-refractivity contribution >= 4 is 17.7 Å². The fraction of sp³-hybridized carbons (Fsp3) is 0.438. The van der Waals surface area contributed by atoms with E-state index >= 15 is 0 Å². The first-order chi connectivity index (χ1) is 10.5. The first-order valence-corrected chi connectivity index (χ1v) is 7.43. The summed E-state index contributed by atoms with van der Waals surface area (Å²) in [7, 11) is 0. The molecule has 0 aliphatic carbocycles. The third kappa shape index (κ3) is 4.14. The third-order valence-electron chi connectivity index (χ3n) is 3.84. The summed E-state index contributed by atoms with van der Waals surface area (Å²) in [6.45, 7) is 6.11. The summed E-state index contributed by atoms with van der Waals surface area (Å²) in [5.41, 5.74) is 0.427. The zero-order valence-electron chi connectivity index (χ0n) is 12.9. The minimum absolute atomic E-state index is 0.00148. The van der Waals surface area contributed by atoms with Crippen LogP contribution < -0.4 is 5.32 Å². The van der Waals surface area contributed by atoms with Crippen molar-refractivity contribution in [2.75, 3.05) is 13.1 Å². The van der Waals surface area contributed by atoms with Crippen LogP contribution in [0.2, 0.25) is 0 Å². The lowest BCUT2D eigenvalue weighted by atomic mass is 10.1. The van der Waals surface area contributed by atoms with Crippen molar-refractivity contribution in [3.8, 4) is 0 Å². The summed E-state index contributed by atoms with van der Waals surface area (Å²) in [5, 5.41) is 13.9. The van der Waals surface area contributed by atoms with Gasteiger partial charge in [-0.05, 0) is 32.4 Å². The molecule has 6 nitrogen and oxygen atoms in total. The molecule has 118 valence electrons. The Morgan fingerprint density at radius 3 is 2.82 bits per heavy atom. The number of nitro benzene ring substituents is 1. The van der Waals surface area contributed by atoms with Crippen molar-refractivity contribution in [1.29, 1.82) is 0 Å². The van der Waals surface area contributed by atoms with Crippen LogP contribution in [0.3, 0.4) is 0 Å². The first-order valence-electron chi connectivity index (χ1n) is 7.43. The summed E-state index contributed by atoms with van der Waals surface area (Å²) in [6.07, 6.45) is 3.78. The smallest absolute Gasteiger partial charge is 0.276 e. The number of hydrogen-bond donors (Lipinski definition) is 1. The minimum Gasteiger partial charge on any atom is -0.348 e. The van der Waals surface area contributed by atoms with Crippen LogP contribution in [0.5, 0.6) is 0 Å². The standard InChI is InChI=1S/C16H21N3O3/c1-12(2)18-10-9-14(11-18)17-16(20)8-7-13-5-3-4-6-15(13)19(21)22/h3-8,12,14H,9-11H2,1-2H3,(H,17,20)/b8-7-/t14-/m0/s1. The van der Waals surface area contributed by atoms with Crippen LogP contribution in [-0.4, -0.2) is 40.9 Å². The average molecular weight is 303 g/mol. The quantitative estimate of drug-likeness (QED) is 0.514. The summed E-state index contributed by atoms with van der Waals surface area (Å²) < 4.78 is 0. The summed E-state index contributed by atoms with van der Waals surface area (Å²) in [6, 6.07) is 6.98. The molecule has 2 rings (SSSR count). The maximum Gasteiger partial charge on any atom is 0.276 e. The van der Waals surface area contributed by atoms with Gasteiger partial charge in [-0.15, -0.1) is 0 Å². The van der Waals surface area contributed by atoms with Gasteiger partial charge in [0, 0.05) is 37.3 Å². The second-order valence-electron chi connectivity index (χ2n) is 5.73.